The molecule has 0 unspecified atom stereocenters. The SMILES string of the molecule is COc1ccc([N+](=O)[O-])cc1N(CC(=O)Nc1ccccc1Cl)S(C)(=O)=O. The van der Waals surface area contributed by atoms with E-state index in [4.69, 9.17) is 16.3 Å². The summed E-state index contributed by atoms with van der Waals surface area (Å²) >= 11 is 5.97. The molecule has 2 aromatic carbocycles. The van der Waals surface area contributed by atoms with Gasteiger partial charge >= 0.3 is 0 Å². The third kappa shape index (κ3) is 5.08. The number of hydrogen-bond acceptors (Lipinski definition) is 6. The number of amides is 1. The molecule has 0 heterocycles. The number of nitro benzene ring substituents is 1. The highest BCUT2D eigenvalue weighted by Gasteiger charge is 2.26. The van der Waals surface area contributed by atoms with Gasteiger partial charge in [0.15, 0.2) is 0 Å². The minimum absolute atomic E-state index is 0.0663. The maximum Gasteiger partial charge on any atom is 0.271 e. The van der Waals surface area contributed by atoms with Crippen molar-refractivity contribution in [3.63, 3.8) is 0 Å². The van der Waals surface area contributed by atoms with Crippen LogP contribution in [-0.2, 0) is 14.8 Å². The zero-order valence-electron chi connectivity index (χ0n) is 14.4. The smallest absolute Gasteiger partial charge is 0.271 e. The van der Waals surface area contributed by atoms with Crippen molar-refractivity contribution in [2.45, 2.75) is 0 Å². The van der Waals surface area contributed by atoms with Gasteiger partial charge in [-0.1, -0.05) is 23.7 Å². The van der Waals surface area contributed by atoms with E-state index in [1.165, 1.54) is 19.2 Å². The molecule has 0 saturated carbocycles. The van der Waals surface area contributed by atoms with Crippen molar-refractivity contribution >= 4 is 44.6 Å². The van der Waals surface area contributed by atoms with Gasteiger partial charge < -0.3 is 10.1 Å². The lowest BCUT2D eigenvalue weighted by Gasteiger charge is -2.23. The molecule has 0 bridgehead atoms. The Labute approximate surface area is 160 Å². The lowest BCUT2D eigenvalue weighted by atomic mass is 10.2. The summed E-state index contributed by atoms with van der Waals surface area (Å²) < 4.78 is 30.3. The summed E-state index contributed by atoms with van der Waals surface area (Å²) in [7, 11) is -2.67. The van der Waals surface area contributed by atoms with Crippen LogP contribution in [-0.4, -0.2) is 39.2 Å². The van der Waals surface area contributed by atoms with Crippen LogP contribution in [0.2, 0.25) is 5.02 Å². The first-order valence-corrected chi connectivity index (χ1v) is 9.70. The molecule has 2 aromatic rings. The number of sulfonamides is 1. The molecule has 0 spiro atoms. The van der Waals surface area contributed by atoms with Crippen LogP contribution in [0.1, 0.15) is 0 Å². The Morgan fingerprint density at radius 1 is 1.30 bits per heavy atom. The maximum atomic E-state index is 12.4. The third-order valence-corrected chi connectivity index (χ3v) is 4.93. The second-order valence-electron chi connectivity index (χ2n) is 5.41. The second-order valence-corrected chi connectivity index (χ2v) is 7.72. The zero-order chi connectivity index (χ0) is 20.2. The van der Waals surface area contributed by atoms with Crippen molar-refractivity contribution in [1.29, 1.82) is 0 Å². The summed E-state index contributed by atoms with van der Waals surface area (Å²) in [5.74, 6) is -0.612. The number of non-ortho nitro benzene ring substituents is 1. The Balaban J connectivity index is 2.39. The maximum absolute atomic E-state index is 12.4. The summed E-state index contributed by atoms with van der Waals surface area (Å²) in [5.41, 5.74) is -0.155. The third-order valence-electron chi connectivity index (χ3n) is 3.48. The first kappa shape index (κ1) is 20.5. The molecular weight excluding hydrogens is 398 g/mol. The Bertz CT molecular complexity index is 980. The highest BCUT2D eigenvalue weighted by molar-refractivity contribution is 7.92. The van der Waals surface area contributed by atoms with Crippen molar-refractivity contribution in [2.24, 2.45) is 0 Å². The first-order valence-electron chi connectivity index (χ1n) is 7.48. The fourth-order valence-electron chi connectivity index (χ4n) is 2.25. The summed E-state index contributed by atoms with van der Waals surface area (Å²) in [6, 6.07) is 9.91. The molecule has 0 fully saturated rings. The Hall–Kier alpha value is -2.85. The van der Waals surface area contributed by atoms with Crippen molar-refractivity contribution in [3.8, 4) is 5.75 Å². The first-order chi connectivity index (χ1) is 12.6. The van der Waals surface area contributed by atoms with Crippen LogP contribution in [0.4, 0.5) is 17.1 Å². The van der Waals surface area contributed by atoms with E-state index in [2.05, 4.69) is 5.32 Å². The molecule has 1 N–H and O–H groups in total. The van der Waals surface area contributed by atoms with E-state index >= 15 is 0 Å². The van der Waals surface area contributed by atoms with E-state index in [1.54, 1.807) is 24.3 Å². The molecule has 2 rings (SSSR count). The predicted octanol–water partition coefficient (Wildman–Crippen LogP) is 2.66. The van der Waals surface area contributed by atoms with Gasteiger partial charge in [-0.15, -0.1) is 0 Å². The molecule has 0 aliphatic rings. The number of methoxy groups -OCH3 is 1. The van der Waals surface area contributed by atoms with Crippen LogP contribution < -0.4 is 14.4 Å². The van der Waals surface area contributed by atoms with Crippen molar-refractivity contribution < 1.29 is 22.9 Å². The molecule has 144 valence electrons. The summed E-state index contributed by atoms with van der Waals surface area (Å²) in [6.07, 6.45) is 0.883. The number of para-hydroxylation sites is 1. The van der Waals surface area contributed by atoms with E-state index < -0.39 is 27.4 Å². The molecule has 0 atom stereocenters. The van der Waals surface area contributed by atoms with Gasteiger partial charge in [0.05, 0.1) is 29.0 Å². The summed E-state index contributed by atoms with van der Waals surface area (Å²) in [5, 5.41) is 13.8. The Morgan fingerprint density at radius 3 is 2.52 bits per heavy atom. The Kier molecular flexibility index (Phi) is 6.24. The molecule has 11 heteroatoms. The minimum atomic E-state index is -3.95. The number of halogens is 1. The van der Waals surface area contributed by atoms with Gasteiger partial charge in [0.25, 0.3) is 5.69 Å². The average Bonchev–Trinajstić information content (AvgIpc) is 2.60. The zero-order valence-corrected chi connectivity index (χ0v) is 16.0. The monoisotopic (exact) mass is 413 g/mol. The minimum Gasteiger partial charge on any atom is -0.495 e. The van der Waals surface area contributed by atoms with Gasteiger partial charge in [-0.2, -0.15) is 0 Å². The number of nitrogens with one attached hydrogen (secondary N) is 1. The largest absolute Gasteiger partial charge is 0.495 e. The van der Waals surface area contributed by atoms with Crippen LogP contribution in [0.25, 0.3) is 0 Å². The van der Waals surface area contributed by atoms with Gasteiger partial charge in [-0.25, -0.2) is 8.42 Å². The van der Waals surface area contributed by atoms with Crippen LogP contribution in [0.5, 0.6) is 5.75 Å². The van der Waals surface area contributed by atoms with Crippen LogP contribution in [0.15, 0.2) is 42.5 Å². The molecule has 9 nitrogen and oxygen atoms in total. The number of nitrogens with zero attached hydrogens (tertiary/aromatic N) is 2. The van der Waals surface area contributed by atoms with Gasteiger partial charge in [0.2, 0.25) is 15.9 Å². The number of rotatable bonds is 7. The number of carbonyl (C=O) groups excluding carboxylic acids is 1. The Morgan fingerprint density at radius 2 is 1.96 bits per heavy atom. The van der Waals surface area contributed by atoms with E-state index in [0.717, 1.165) is 16.6 Å². The van der Waals surface area contributed by atoms with E-state index in [1.807, 2.05) is 0 Å². The van der Waals surface area contributed by atoms with Crippen molar-refractivity contribution in [3.05, 3.63) is 57.6 Å². The lowest BCUT2D eigenvalue weighted by molar-refractivity contribution is -0.384. The number of carbonyl (C=O) groups is 1. The van der Waals surface area contributed by atoms with Crippen LogP contribution in [0.3, 0.4) is 0 Å². The fraction of sp³-hybridized carbons (Fsp3) is 0.188. The normalized spacial score (nSPS) is 10.9. The molecular formula is C16H16ClN3O6S. The molecule has 27 heavy (non-hydrogen) atoms. The molecule has 0 saturated heterocycles. The van der Waals surface area contributed by atoms with Crippen molar-refractivity contribution in [2.75, 3.05) is 29.5 Å². The highest BCUT2D eigenvalue weighted by Crippen LogP contribution is 2.33. The van der Waals surface area contributed by atoms with E-state index in [0.29, 0.717) is 5.69 Å². The average molecular weight is 414 g/mol. The molecule has 0 aliphatic heterocycles. The number of anilines is 2. The quantitative estimate of drug-likeness (QED) is 0.550. The van der Waals surface area contributed by atoms with Gasteiger partial charge in [0, 0.05) is 12.1 Å². The summed E-state index contributed by atoms with van der Waals surface area (Å²) in [4.78, 5) is 22.7. The number of benzene rings is 2. The number of nitro groups is 1. The second kappa shape index (κ2) is 8.23. The van der Waals surface area contributed by atoms with E-state index in [9.17, 15) is 23.3 Å². The van der Waals surface area contributed by atoms with Crippen LogP contribution in [0, 0.1) is 10.1 Å². The van der Waals surface area contributed by atoms with Gasteiger partial charge in [0.1, 0.15) is 18.0 Å². The number of ether oxygens (including phenoxy) is 1. The van der Waals surface area contributed by atoms with Gasteiger partial charge in [-0.3, -0.25) is 19.2 Å². The molecule has 0 aliphatic carbocycles. The lowest BCUT2D eigenvalue weighted by Crippen LogP contribution is -2.37. The van der Waals surface area contributed by atoms with E-state index in [-0.39, 0.29) is 22.1 Å². The fourth-order valence-corrected chi connectivity index (χ4v) is 3.29. The standard InChI is InChI=1S/C16H16ClN3O6S/c1-26-15-8-7-11(20(22)23)9-14(15)19(27(2,24)25)10-16(21)18-13-6-4-3-5-12(13)17/h3-9H,10H2,1-2H3,(H,18,21). The van der Waals surface area contributed by atoms with Gasteiger partial charge in [-0.05, 0) is 18.2 Å². The topological polar surface area (TPSA) is 119 Å². The molecule has 0 radical (unpaired) electrons. The number of hydrogen-bond donors (Lipinski definition) is 1. The molecule has 1 amide bonds. The predicted molar refractivity (Wildman–Crippen MR) is 102 cm³/mol. The van der Waals surface area contributed by atoms with Crippen molar-refractivity contribution in [1.82, 2.24) is 0 Å². The summed E-state index contributed by atoms with van der Waals surface area (Å²) in [6.45, 7) is -0.623. The van der Waals surface area contributed by atoms with Crippen LogP contribution >= 0.6 is 11.6 Å². The molecule has 0 aromatic heterocycles. The highest BCUT2D eigenvalue weighted by atomic mass is 35.5.